The van der Waals surface area contributed by atoms with Crippen LogP contribution in [-0.2, 0) is 15.6 Å². The summed E-state index contributed by atoms with van der Waals surface area (Å²) in [5.74, 6) is 1.11. The van der Waals surface area contributed by atoms with Gasteiger partial charge in [-0.1, -0.05) is 18.6 Å². The molecule has 1 aliphatic carbocycles. The highest BCUT2D eigenvalue weighted by Gasteiger charge is 2.20. The van der Waals surface area contributed by atoms with E-state index in [0.717, 1.165) is 18.5 Å². The number of aliphatic imine (C=N–C) groups is 2. The predicted octanol–water partition coefficient (Wildman–Crippen LogP) is 3.80. The third kappa shape index (κ3) is 5.05. The van der Waals surface area contributed by atoms with E-state index < -0.39 is 9.84 Å². The summed E-state index contributed by atoms with van der Waals surface area (Å²) < 4.78 is 42.8. The number of nitrogens with zero attached hydrogens (tertiary/aromatic N) is 3. The molecule has 6 nitrogen and oxygen atoms in total. The number of hydrogen-bond acceptors (Lipinski definition) is 6. The number of amidine groups is 1. The van der Waals surface area contributed by atoms with Crippen molar-refractivity contribution in [2.75, 3.05) is 24.4 Å². The van der Waals surface area contributed by atoms with Crippen molar-refractivity contribution < 1.29 is 17.5 Å². The fraction of sp³-hybridized carbons (Fsp3) is 0.364. The number of ether oxygens (including phenoxy) is 1. The molecule has 1 heterocycles. The molecule has 0 bridgehead atoms. The molecule has 0 radical (unpaired) electrons. The second kappa shape index (κ2) is 8.55. The highest BCUT2D eigenvalue weighted by Crippen LogP contribution is 2.29. The Morgan fingerprint density at radius 1 is 1.20 bits per heavy atom. The van der Waals surface area contributed by atoms with Crippen LogP contribution in [0.25, 0.3) is 0 Å². The molecular formula is C22H24FN3O3S. The Kier molecular flexibility index (Phi) is 5.85. The van der Waals surface area contributed by atoms with Crippen molar-refractivity contribution in [3.63, 3.8) is 0 Å². The monoisotopic (exact) mass is 429 g/mol. The van der Waals surface area contributed by atoms with E-state index in [4.69, 9.17) is 4.74 Å². The number of benzene rings is 2. The smallest absolute Gasteiger partial charge is 0.161 e. The molecule has 0 amide bonds. The largest absolute Gasteiger partial charge is 0.492 e. The highest BCUT2D eigenvalue weighted by atomic mass is 32.2. The molecule has 4 rings (SSSR count). The number of halogens is 1. The SMILES string of the molecule is CS(=O)(=O)Cc1cccc(N2C=NC(c3ccc(F)cc3OCC3CCC3)=NC2)c1. The van der Waals surface area contributed by atoms with Crippen LogP contribution in [0.5, 0.6) is 5.75 Å². The van der Waals surface area contributed by atoms with E-state index in [9.17, 15) is 12.8 Å². The molecule has 1 fully saturated rings. The van der Waals surface area contributed by atoms with Gasteiger partial charge < -0.3 is 9.64 Å². The lowest BCUT2D eigenvalue weighted by molar-refractivity contribution is 0.180. The average molecular weight is 430 g/mol. The average Bonchev–Trinajstić information content (AvgIpc) is 2.66. The van der Waals surface area contributed by atoms with Gasteiger partial charge in [-0.25, -0.2) is 22.8 Å². The van der Waals surface area contributed by atoms with Crippen LogP contribution >= 0.6 is 0 Å². The van der Waals surface area contributed by atoms with E-state index in [1.165, 1.54) is 24.8 Å². The van der Waals surface area contributed by atoms with E-state index in [0.29, 0.717) is 41.9 Å². The minimum absolute atomic E-state index is 0.0163. The third-order valence-corrected chi connectivity index (χ3v) is 6.10. The normalized spacial score (nSPS) is 16.9. The lowest BCUT2D eigenvalue weighted by Gasteiger charge is -2.26. The summed E-state index contributed by atoms with van der Waals surface area (Å²) in [6.45, 7) is 0.896. The fourth-order valence-electron chi connectivity index (χ4n) is 3.44. The van der Waals surface area contributed by atoms with Crippen molar-refractivity contribution in [2.45, 2.75) is 25.0 Å². The molecule has 30 heavy (non-hydrogen) atoms. The molecule has 1 aliphatic heterocycles. The van der Waals surface area contributed by atoms with Gasteiger partial charge in [-0.05, 0) is 48.6 Å². The summed E-state index contributed by atoms with van der Waals surface area (Å²) in [6, 6.07) is 11.7. The van der Waals surface area contributed by atoms with Gasteiger partial charge in [0.2, 0.25) is 0 Å². The Morgan fingerprint density at radius 2 is 2.03 bits per heavy atom. The van der Waals surface area contributed by atoms with E-state index in [1.807, 2.05) is 23.1 Å². The number of hydrogen-bond donors (Lipinski definition) is 0. The lowest BCUT2D eigenvalue weighted by Crippen LogP contribution is -2.27. The summed E-state index contributed by atoms with van der Waals surface area (Å²) in [7, 11) is -3.11. The minimum Gasteiger partial charge on any atom is -0.492 e. The van der Waals surface area contributed by atoms with Crippen LogP contribution < -0.4 is 9.64 Å². The Balaban J connectivity index is 1.49. The van der Waals surface area contributed by atoms with Crippen LogP contribution in [0.4, 0.5) is 10.1 Å². The van der Waals surface area contributed by atoms with Crippen molar-refractivity contribution in [3.05, 3.63) is 59.4 Å². The van der Waals surface area contributed by atoms with Crippen molar-refractivity contribution >= 4 is 27.7 Å². The fourth-order valence-corrected chi connectivity index (χ4v) is 4.23. The van der Waals surface area contributed by atoms with Gasteiger partial charge in [0.1, 0.15) is 18.2 Å². The maximum atomic E-state index is 13.8. The van der Waals surface area contributed by atoms with Gasteiger partial charge >= 0.3 is 0 Å². The first kappa shape index (κ1) is 20.5. The molecule has 158 valence electrons. The summed E-state index contributed by atoms with van der Waals surface area (Å²) in [6.07, 6.45) is 6.39. The topological polar surface area (TPSA) is 71.3 Å². The van der Waals surface area contributed by atoms with Crippen LogP contribution in [0.3, 0.4) is 0 Å². The van der Waals surface area contributed by atoms with E-state index in [-0.39, 0.29) is 11.6 Å². The predicted molar refractivity (Wildman–Crippen MR) is 117 cm³/mol. The van der Waals surface area contributed by atoms with Crippen molar-refractivity contribution in [2.24, 2.45) is 15.9 Å². The maximum Gasteiger partial charge on any atom is 0.161 e. The molecule has 0 unspecified atom stereocenters. The van der Waals surface area contributed by atoms with Crippen LogP contribution in [0.1, 0.15) is 30.4 Å². The van der Waals surface area contributed by atoms with Gasteiger partial charge in [-0.15, -0.1) is 0 Å². The van der Waals surface area contributed by atoms with Crippen LogP contribution in [0.2, 0.25) is 0 Å². The highest BCUT2D eigenvalue weighted by molar-refractivity contribution is 7.89. The van der Waals surface area contributed by atoms with Gasteiger partial charge in [0.15, 0.2) is 15.7 Å². The maximum absolute atomic E-state index is 13.8. The zero-order chi connectivity index (χ0) is 21.1. The summed E-state index contributed by atoms with van der Waals surface area (Å²) in [5.41, 5.74) is 2.18. The Labute approximate surface area is 176 Å². The molecule has 8 heteroatoms. The first-order chi connectivity index (χ1) is 14.4. The van der Waals surface area contributed by atoms with Crippen molar-refractivity contribution in [1.29, 1.82) is 0 Å². The van der Waals surface area contributed by atoms with E-state index in [1.54, 1.807) is 18.5 Å². The lowest BCUT2D eigenvalue weighted by atomic mass is 9.86. The molecule has 2 aromatic carbocycles. The van der Waals surface area contributed by atoms with Gasteiger partial charge in [0.25, 0.3) is 0 Å². The molecule has 0 spiro atoms. The standard InChI is InChI=1S/C22H24FN3O3S/c1-30(27,28)13-17-6-3-7-19(10-17)26-14-24-22(25-15-26)20-9-8-18(23)11-21(20)29-12-16-4-2-5-16/h3,6-11,14,16H,2,4-5,12-13,15H2,1H3. The minimum atomic E-state index is -3.11. The number of sulfone groups is 1. The molecule has 2 aromatic rings. The summed E-state index contributed by atoms with van der Waals surface area (Å²) in [5, 5.41) is 0. The number of rotatable bonds is 7. The van der Waals surface area contributed by atoms with E-state index >= 15 is 0 Å². The van der Waals surface area contributed by atoms with Gasteiger partial charge in [0.05, 0.1) is 24.3 Å². The Morgan fingerprint density at radius 3 is 2.70 bits per heavy atom. The summed E-state index contributed by atoms with van der Waals surface area (Å²) >= 11 is 0. The molecule has 1 saturated carbocycles. The zero-order valence-corrected chi connectivity index (χ0v) is 17.6. The molecular weight excluding hydrogens is 405 g/mol. The van der Waals surface area contributed by atoms with Crippen molar-refractivity contribution in [3.8, 4) is 5.75 Å². The Hall–Kier alpha value is -2.74. The molecule has 2 aliphatic rings. The van der Waals surface area contributed by atoms with Gasteiger partial charge in [-0.3, -0.25) is 0 Å². The zero-order valence-electron chi connectivity index (χ0n) is 16.8. The molecule has 0 saturated heterocycles. The first-order valence-electron chi connectivity index (χ1n) is 9.92. The molecule has 0 atom stereocenters. The number of anilines is 1. The first-order valence-corrected chi connectivity index (χ1v) is 12.0. The second-order valence-corrected chi connectivity index (χ2v) is 9.97. The van der Waals surface area contributed by atoms with Gasteiger partial charge in [-0.2, -0.15) is 0 Å². The quantitative estimate of drug-likeness (QED) is 0.671. The summed E-state index contributed by atoms with van der Waals surface area (Å²) in [4.78, 5) is 10.8. The molecule has 0 N–H and O–H groups in total. The van der Waals surface area contributed by atoms with Crippen LogP contribution in [-0.4, -0.2) is 40.1 Å². The molecule has 0 aromatic heterocycles. The third-order valence-electron chi connectivity index (χ3n) is 5.25. The van der Waals surface area contributed by atoms with Crippen LogP contribution in [0, 0.1) is 11.7 Å². The van der Waals surface area contributed by atoms with Gasteiger partial charge in [0, 0.05) is 18.0 Å². The Bertz CT molecular complexity index is 1090. The van der Waals surface area contributed by atoms with E-state index in [2.05, 4.69) is 9.98 Å². The van der Waals surface area contributed by atoms with Crippen LogP contribution in [0.15, 0.2) is 52.4 Å². The second-order valence-electron chi connectivity index (χ2n) is 7.83. The van der Waals surface area contributed by atoms with Crippen molar-refractivity contribution in [1.82, 2.24) is 0 Å².